The third-order valence-electron chi connectivity index (χ3n) is 9.30. The Morgan fingerprint density at radius 1 is 0.826 bits per heavy atom. The van der Waals surface area contributed by atoms with E-state index in [1.54, 1.807) is 0 Å². The van der Waals surface area contributed by atoms with Crippen LogP contribution in [0.1, 0.15) is 36.2 Å². The van der Waals surface area contributed by atoms with Crippen LogP contribution in [0.5, 0.6) is 23.0 Å². The number of rotatable bonds is 3. The number of aliphatic hydroxyl groups excluding tert-OH is 4. The number of hydrogen-bond donors (Lipinski definition) is 6. The monoisotopic (exact) mass is 638 g/mol. The second-order valence-electron chi connectivity index (χ2n) is 11.9. The number of phenols is 2. The largest absolute Gasteiger partial charge is 0.512 e. The first-order valence-electron chi connectivity index (χ1n) is 14.2. The average molecular weight is 639 g/mol. The number of carbonyl (C=O) groups is 4. The Morgan fingerprint density at radius 3 is 1.98 bits per heavy atom. The molecule has 46 heavy (non-hydrogen) atoms. The predicted molar refractivity (Wildman–Crippen MR) is 154 cm³/mol. The highest BCUT2D eigenvalue weighted by atomic mass is 16.6. The maximum atomic E-state index is 13.9. The van der Waals surface area contributed by atoms with Crippen LogP contribution in [-0.2, 0) is 23.9 Å². The topological polar surface area (TPSA) is 227 Å². The molecule has 14 nitrogen and oxygen atoms in total. The van der Waals surface area contributed by atoms with Crippen molar-refractivity contribution in [3.63, 3.8) is 0 Å². The van der Waals surface area contributed by atoms with Gasteiger partial charge in [0.15, 0.2) is 11.6 Å². The molecule has 2 aromatic carbocycles. The standard InChI is InChI=1S/C32H30O14/c1-11-9-15(33)21-25(37)19-17(45-31(21,27(11)39)29(41)43-3)7-5-13(23(19)35)14-6-8-18-20(24(14)36)26(38)22-16(34)10-12(2)28(40)32(22,46-18)30(42)44-4/h5-9,11-12,21,27-28,33,35-36,38-40H,10H2,1-4H3/t11-,12+,21+,27-,28+,31+,32-/m1/s1. The first-order valence-corrected chi connectivity index (χ1v) is 14.2. The molecule has 6 rings (SSSR count). The highest BCUT2D eigenvalue weighted by molar-refractivity contribution is 6.13. The van der Waals surface area contributed by atoms with Crippen LogP contribution in [0.3, 0.4) is 0 Å². The van der Waals surface area contributed by atoms with Gasteiger partial charge < -0.3 is 49.6 Å². The van der Waals surface area contributed by atoms with Crippen molar-refractivity contribution >= 4 is 29.3 Å². The third kappa shape index (κ3) is 3.70. The van der Waals surface area contributed by atoms with E-state index < -0.39 is 104 Å². The quantitative estimate of drug-likeness (QED) is 0.264. The fourth-order valence-electron chi connectivity index (χ4n) is 7.06. The molecular formula is C32H30O14. The van der Waals surface area contributed by atoms with Gasteiger partial charge in [-0.2, -0.15) is 0 Å². The zero-order chi connectivity index (χ0) is 33.6. The van der Waals surface area contributed by atoms with Crippen LogP contribution in [-0.4, -0.2) is 91.8 Å². The number of esters is 2. The first-order chi connectivity index (χ1) is 21.7. The summed E-state index contributed by atoms with van der Waals surface area (Å²) in [5.41, 5.74) is -6.67. The lowest BCUT2D eigenvalue weighted by molar-refractivity contribution is -0.182. The van der Waals surface area contributed by atoms with Crippen molar-refractivity contribution in [2.24, 2.45) is 17.8 Å². The smallest absolute Gasteiger partial charge is 0.358 e. The van der Waals surface area contributed by atoms with E-state index in [2.05, 4.69) is 0 Å². The van der Waals surface area contributed by atoms with Crippen molar-refractivity contribution in [3.8, 4) is 34.1 Å². The molecule has 2 aliphatic carbocycles. The van der Waals surface area contributed by atoms with Crippen LogP contribution in [0.2, 0.25) is 0 Å². The molecule has 0 spiro atoms. The second-order valence-corrected chi connectivity index (χ2v) is 11.9. The number of aromatic hydroxyl groups is 2. The first kappa shape index (κ1) is 30.9. The van der Waals surface area contributed by atoms with Crippen LogP contribution >= 0.6 is 0 Å². The maximum absolute atomic E-state index is 13.9. The lowest BCUT2D eigenvalue weighted by Crippen LogP contribution is -2.67. The van der Waals surface area contributed by atoms with E-state index in [4.69, 9.17) is 18.9 Å². The van der Waals surface area contributed by atoms with E-state index in [-0.39, 0.29) is 29.0 Å². The van der Waals surface area contributed by atoms with E-state index >= 15 is 0 Å². The van der Waals surface area contributed by atoms with Crippen LogP contribution in [0.4, 0.5) is 0 Å². The Labute approximate surface area is 260 Å². The zero-order valence-corrected chi connectivity index (χ0v) is 24.9. The Bertz CT molecular complexity index is 1810. The van der Waals surface area contributed by atoms with Gasteiger partial charge in [-0.05, 0) is 36.3 Å². The van der Waals surface area contributed by atoms with Gasteiger partial charge in [0.25, 0.3) is 5.60 Å². The Morgan fingerprint density at radius 2 is 1.39 bits per heavy atom. The fourth-order valence-corrected chi connectivity index (χ4v) is 7.06. The molecule has 2 aliphatic heterocycles. The second kappa shape index (κ2) is 10.2. The number of ketones is 2. The van der Waals surface area contributed by atoms with Crippen molar-refractivity contribution in [1.29, 1.82) is 0 Å². The van der Waals surface area contributed by atoms with Crippen molar-refractivity contribution < 1.29 is 68.8 Å². The van der Waals surface area contributed by atoms with Crippen LogP contribution < -0.4 is 9.47 Å². The molecule has 0 aromatic heterocycles. The van der Waals surface area contributed by atoms with Crippen molar-refractivity contribution in [2.45, 2.75) is 43.7 Å². The predicted octanol–water partition coefficient (Wildman–Crippen LogP) is 1.86. The van der Waals surface area contributed by atoms with E-state index in [0.717, 1.165) is 14.2 Å². The summed E-state index contributed by atoms with van der Waals surface area (Å²) in [5.74, 6) is -10.9. The minimum atomic E-state index is -2.42. The molecule has 4 aliphatic rings. The van der Waals surface area contributed by atoms with Gasteiger partial charge >= 0.3 is 11.9 Å². The minimum Gasteiger partial charge on any atom is -0.512 e. The van der Waals surface area contributed by atoms with E-state index in [1.165, 1.54) is 44.2 Å². The number of hydrogen-bond acceptors (Lipinski definition) is 14. The summed E-state index contributed by atoms with van der Waals surface area (Å²) in [6.07, 6.45) is -2.30. The van der Waals surface area contributed by atoms with Crippen LogP contribution in [0, 0.1) is 17.8 Å². The summed E-state index contributed by atoms with van der Waals surface area (Å²) in [5, 5.41) is 67.1. The lowest BCUT2D eigenvalue weighted by atomic mass is 9.67. The number of phenolic OH excluding ortho intramolecular Hbond substituents is 2. The molecule has 7 atom stereocenters. The highest BCUT2D eigenvalue weighted by Gasteiger charge is 2.66. The summed E-state index contributed by atoms with van der Waals surface area (Å²) in [4.78, 5) is 53.1. The van der Waals surface area contributed by atoms with Gasteiger partial charge in [-0.25, -0.2) is 9.59 Å². The van der Waals surface area contributed by atoms with Crippen molar-refractivity contribution in [2.75, 3.05) is 14.2 Å². The molecule has 2 aromatic rings. The SMILES string of the molecule is COC(=O)[C@@]12Oc3ccc(-c4ccc5c(c4O)C(=O)[C@@H]4C(O)=C[C@@H](C)[C@@H](O)[C@@]4(C(=O)OC)O5)c(O)c3C(O)=C1C(=O)C[C@H](C)[C@@H]2O. The third-order valence-corrected chi connectivity index (χ3v) is 9.30. The average Bonchev–Trinajstić information content (AvgIpc) is 3.01. The summed E-state index contributed by atoms with van der Waals surface area (Å²) in [6.45, 7) is 3.01. The normalized spacial score (nSPS) is 31.3. The van der Waals surface area contributed by atoms with Gasteiger partial charge in [-0.15, -0.1) is 0 Å². The van der Waals surface area contributed by atoms with E-state index in [9.17, 15) is 49.8 Å². The van der Waals surface area contributed by atoms with Gasteiger partial charge in [-0.3, -0.25) is 9.59 Å². The van der Waals surface area contributed by atoms with Crippen molar-refractivity contribution in [1.82, 2.24) is 0 Å². The number of ether oxygens (including phenoxy) is 4. The molecular weight excluding hydrogens is 608 g/mol. The van der Waals surface area contributed by atoms with Gasteiger partial charge in [0.2, 0.25) is 5.60 Å². The summed E-state index contributed by atoms with van der Waals surface area (Å²) < 4.78 is 21.5. The number of methoxy groups -OCH3 is 2. The van der Waals surface area contributed by atoms with Gasteiger partial charge in [0, 0.05) is 23.5 Å². The number of carbonyl (C=O) groups excluding carboxylic acids is 4. The lowest BCUT2D eigenvalue weighted by Gasteiger charge is -2.47. The van der Waals surface area contributed by atoms with Gasteiger partial charge in [0.1, 0.15) is 63.8 Å². The molecule has 1 fully saturated rings. The molecule has 242 valence electrons. The van der Waals surface area contributed by atoms with E-state index in [1.807, 2.05) is 0 Å². The number of Topliss-reactive ketones (excluding diaryl/α,β-unsaturated/α-hetero) is 2. The molecule has 2 heterocycles. The maximum Gasteiger partial charge on any atom is 0.358 e. The summed E-state index contributed by atoms with van der Waals surface area (Å²) in [6, 6.07) is 4.88. The van der Waals surface area contributed by atoms with Crippen molar-refractivity contribution in [3.05, 3.63) is 52.8 Å². The molecule has 0 saturated heterocycles. The van der Waals surface area contributed by atoms with Crippen LogP contribution in [0.25, 0.3) is 16.9 Å². The Hall–Kier alpha value is -5.08. The highest BCUT2D eigenvalue weighted by Crippen LogP contribution is 2.55. The molecule has 0 bridgehead atoms. The zero-order valence-electron chi connectivity index (χ0n) is 24.9. The number of fused-ring (bicyclic) bond motifs is 4. The molecule has 0 unspecified atom stereocenters. The molecule has 0 radical (unpaired) electrons. The van der Waals surface area contributed by atoms with Gasteiger partial charge in [0.05, 0.1) is 19.8 Å². The minimum absolute atomic E-state index is 0.174. The Kier molecular flexibility index (Phi) is 6.87. The summed E-state index contributed by atoms with van der Waals surface area (Å²) >= 11 is 0. The van der Waals surface area contributed by atoms with E-state index in [0.29, 0.717) is 0 Å². The molecule has 1 saturated carbocycles. The molecule has 0 amide bonds. The number of benzene rings is 2. The number of aliphatic hydroxyl groups is 4. The van der Waals surface area contributed by atoms with Crippen LogP contribution in [0.15, 0.2) is 41.7 Å². The molecule has 14 heteroatoms. The summed E-state index contributed by atoms with van der Waals surface area (Å²) in [7, 11) is 2.04. The molecule has 6 N–H and O–H groups in total. The fraction of sp³-hybridized carbons (Fsp3) is 0.375. The Balaban J connectivity index is 1.52. The van der Waals surface area contributed by atoms with Gasteiger partial charge in [-0.1, -0.05) is 13.8 Å².